The molecule has 2 saturated heterocycles. The maximum absolute atomic E-state index is 13.5. The minimum Gasteiger partial charge on any atom is -0.387 e. The van der Waals surface area contributed by atoms with Crippen LogP contribution in [0.5, 0.6) is 0 Å². The largest absolute Gasteiger partial charge is 0.387 e. The molecule has 14 heteroatoms. The van der Waals surface area contributed by atoms with Crippen molar-refractivity contribution in [3.05, 3.63) is 70.1 Å². The van der Waals surface area contributed by atoms with Crippen LogP contribution in [0.4, 0.5) is 0 Å². The summed E-state index contributed by atoms with van der Waals surface area (Å²) in [5.74, 6) is 6.12. The van der Waals surface area contributed by atoms with E-state index in [9.17, 15) is 24.3 Å². The predicted molar refractivity (Wildman–Crippen MR) is 224 cm³/mol. The third-order valence-electron chi connectivity index (χ3n) is 11.0. The summed E-state index contributed by atoms with van der Waals surface area (Å²) in [6.45, 7) is 9.69. The number of aromatic nitrogens is 2. The Hall–Kier alpha value is -5.10. The minimum absolute atomic E-state index is 0.00906. The Morgan fingerprint density at radius 3 is 2.18 bits per heavy atom. The average molecular weight is 808 g/mol. The number of thiophene rings is 2. The summed E-state index contributed by atoms with van der Waals surface area (Å²) in [5, 5.41) is 19.0. The number of benzene rings is 1. The molecule has 0 saturated carbocycles. The van der Waals surface area contributed by atoms with Crippen LogP contribution < -0.4 is 10.6 Å². The van der Waals surface area contributed by atoms with Crippen LogP contribution in [0, 0.1) is 23.7 Å². The Balaban J connectivity index is 0.996. The van der Waals surface area contributed by atoms with Gasteiger partial charge < -0.3 is 30.5 Å². The zero-order valence-electron chi connectivity index (χ0n) is 32.9. The monoisotopic (exact) mass is 807 g/mol. The third-order valence-corrected chi connectivity index (χ3v) is 13.1. The average Bonchev–Trinajstić information content (AvgIpc) is 4.04. The van der Waals surface area contributed by atoms with Gasteiger partial charge in [-0.25, -0.2) is 4.98 Å². The smallest absolute Gasteiger partial charge is 0.246 e. The van der Waals surface area contributed by atoms with Crippen LogP contribution in [-0.2, 0) is 19.2 Å². The first-order valence-electron chi connectivity index (χ1n) is 19.6. The molecule has 0 spiro atoms. The molecule has 2 unspecified atom stereocenters. The van der Waals surface area contributed by atoms with Gasteiger partial charge in [0.25, 0.3) is 0 Å². The van der Waals surface area contributed by atoms with Crippen molar-refractivity contribution in [1.29, 1.82) is 0 Å². The van der Waals surface area contributed by atoms with Gasteiger partial charge in [0, 0.05) is 54.7 Å². The lowest BCUT2D eigenvalue weighted by atomic mass is 9.96. The predicted octanol–water partition coefficient (Wildman–Crippen LogP) is 5.89. The maximum atomic E-state index is 13.5. The second-order valence-corrected chi connectivity index (χ2v) is 17.4. The molecule has 0 radical (unpaired) electrons. The number of aromatic amines is 1. The number of aliphatic imine (C=N–C) groups is 1. The molecule has 298 valence electrons. The van der Waals surface area contributed by atoms with Crippen molar-refractivity contribution in [2.45, 2.75) is 90.9 Å². The number of aliphatic hydroxyl groups excluding tert-OH is 1. The molecule has 57 heavy (non-hydrogen) atoms. The number of imidazole rings is 1. The fourth-order valence-corrected chi connectivity index (χ4v) is 10.3. The Morgan fingerprint density at radius 1 is 0.877 bits per heavy atom. The summed E-state index contributed by atoms with van der Waals surface area (Å²) in [4.78, 5) is 67.2. The fraction of sp³-hybridized carbons (Fsp3) is 0.442. The number of hydrogen-bond donors (Lipinski definition) is 4. The van der Waals surface area contributed by atoms with Gasteiger partial charge in [-0.1, -0.05) is 57.9 Å². The summed E-state index contributed by atoms with van der Waals surface area (Å²) in [6, 6.07) is 7.02. The van der Waals surface area contributed by atoms with E-state index < -0.39 is 24.6 Å². The first kappa shape index (κ1) is 40.1. The van der Waals surface area contributed by atoms with Crippen LogP contribution >= 0.6 is 22.7 Å². The normalized spacial score (nSPS) is 19.1. The number of likely N-dealkylation sites (tertiary alicyclic amines) is 2. The Kier molecular flexibility index (Phi) is 12.1. The molecule has 4 N–H and O–H groups in total. The van der Waals surface area contributed by atoms with Gasteiger partial charge in [0.1, 0.15) is 30.2 Å². The standard InChI is InChI=1S/C43H49N7O5S2/c1-24(2)37(46-26(5)52)42(54)49-16-6-8-34(49)33-18-30(19-44-33)27-10-12-28(13-11-27)32-23-57-39-29(22-56-40(32)39)14-15-31-20-45-41(47-31)35-9-7-17-50(35)43(55)38(25(3)4)48-36(53)21-51/h10-13,19-20,22-25,34-35,37-38,51H,6-9,16-18,21H2,1-5H3,(H,45,47)(H,46,52)(H,48,53)/t34?,35?,37-,38-/m0/s1. The number of nitrogens with one attached hydrogen (secondary N) is 3. The van der Waals surface area contributed by atoms with E-state index in [0.717, 1.165) is 58.4 Å². The molecule has 4 atom stereocenters. The number of carbonyl (C=O) groups excluding carboxylic acids is 4. The van der Waals surface area contributed by atoms with Crippen LogP contribution in [-0.4, -0.2) is 92.0 Å². The van der Waals surface area contributed by atoms with Crippen molar-refractivity contribution in [2.75, 3.05) is 19.7 Å². The topological polar surface area (TPSA) is 160 Å². The molecule has 3 aliphatic heterocycles. The number of aliphatic hydroxyl groups is 1. The number of hydrogen-bond acceptors (Lipinski definition) is 9. The van der Waals surface area contributed by atoms with Gasteiger partial charge in [0.05, 0.1) is 33.2 Å². The van der Waals surface area contributed by atoms with Gasteiger partial charge >= 0.3 is 0 Å². The lowest BCUT2D eigenvalue weighted by molar-refractivity contribution is -0.139. The second kappa shape index (κ2) is 17.2. The molecular formula is C43H49N7O5S2. The molecule has 0 bridgehead atoms. The lowest BCUT2D eigenvalue weighted by Gasteiger charge is -2.31. The lowest BCUT2D eigenvalue weighted by Crippen LogP contribution is -2.53. The molecule has 3 aromatic heterocycles. The van der Waals surface area contributed by atoms with E-state index in [2.05, 4.69) is 67.5 Å². The van der Waals surface area contributed by atoms with E-state index in [1.807, 2.05) is 38.8 Å². The van der Waals surface area contributed by atoms with Crippen LogP contribution in [0.25, 0.3) is 26.1 Å². The summed E-state index contributed by atoms with van der Waals surface area (Å²) >= 11 is 3.35. The van der Waals surface area contributed by atoms with Crippen LogP contribution in [0.3, 0.4) is 0 Å². The van der Waals surface area contributed by atoms with Gasteiger partial charge in [-0.15, -0.1) is 22.7 Å². The van der Waals surface area contributed by atoms with Crippen molar-refractivity contribution in [1.82, 2.24) is 30.4 Å². The van der Waals surface area contributed by atoms with E-state index in [0.29, 0.717) is 31.0 Å². The Labute approximate surface area is 340 Å². The van der Waals surface area contributed by atoms with Crippen LogP contribution in [0.15, 0.2) is 52.4 Å². The van der Waals surface area contributed by atoms with Crippen LogP contribution in [0.1, 0.15) is 95.4 Å². The number of rotatable bonds is 11. The summed E-state index contributed by atoms with van der Waals surface area (Å²) in [5.41, 5.74) is 7.14. The van der Waals surface area contributed by atoms with E-state index in [-0.39, 0.29) is 41.6 Å². The second-order valence-electron chi connectivity index (χ2n) is 15.7. The van der Waals surface area contributed by atoms with E-state index >= 15 is 0 Å². The highest BCUT2D eigenvalue weighted by Gasteiger charge is 2.39. The van der Waals surface area contributed by atoms with Gasteiger partial charge in [0.15, 0.2) is 0 Å². The zero-order valence-corrected chi connectivity index (χ0v) is 34.6. The maximum Gasteiger partial charge on any atom is 0.246 e. The van der Waals surface area contributed by atoms with Gasteiger partial charge in [-0.2, -0.15) is 0 Å². The summed E-state index contributed by atoms with van der Waals surface area (Å²) in [6.07, 6.45) is 7.69. The van der Waals surface area contributed by atoms with E-state index in [4.69, 9.17) is 4.99 Å². The highest BCUT2D eigenvalue weighted by molar-refractivity contribution is 7.27. The molecule has 6 heterocycles. The highest BCUT2D eigenvalue weighted by Crippen LogP contribution is 2.41. The number of carbonyl (C=O) groups is 4. The Morgan fingerprint density at radius 2 is 1.51 bits per heavy atom. The number of allylic oxidation sites excluding steroid dienone is 1. The number of fused-ring (bicyclic) bond motifs is 1. The van der Waals surface area contributed by atoms with Gasteiger partial charge in [0.2, 0.25) is 23.6 Å². The molecule has 0 aliphatic carbocycles. The third kappa shape index (κ3) is 8.47. The zero-order chi connectivity index (χ0) is 40.4. The Bertz CT molecular complexity index is 2290. The quantitative estimate of drug-likeness (QED) is 0.139. The van der Waals surface area contributed by atoms with E-state index in [1.54, 1.807) is 33.8 Å². The van der Waals surface area contributed by atoms with Gasteiger partial charge in [-0.05, 0) is 60.1 Å². The fourth-order valence-electron chi connectivity index (χ4n) is 8.02. The molecule has 1 aromatic carbocycles. The first-order chi connectivity index (χ1) is 27.4. The van der Waals surface area contributed by atoms with Crippen molar-refractivity contribution in [3.8, 4) is 23.0 Å². The molecular weight excluding hydrogens is 759 g/mol. The molecule has 7 rings (SSSR count). The SMILES string of the molecule is CC(=O)N[C@H](C(=O)N1CCCC1C1=NC=C(c2ccc(-c3csc4c(C#Cc5cnc(C6CCCN6C(=O)[C@@H](NC(=O)CO)C(C)C)[nH]5)csc34)cc2)C1)C(C)C. The van der Waals surface area contributed by atoms with Crippen molar-refractivity contribution in [3.63, 3.8) is 0 Å². The number of nitrogens with zero attached hydrogens (tertiary/aromatic N) is 4. The van der Waals surface area contributed by atoms with Crippen molar-refractivity contribution < 1.29 is 24.3 Å². The molecule has 4 amide bonds. The first-order valence-corrected chi connectivity index (χ1v) is 21.4. The van der Waals surface area contributed by atoms with Gasteiger partial charge in [-0.3, -0.25) is 24.2 Å². The number of amides is 4. The molecule has 12 nitrogen and oxygen atoms in total. The minimum atomic E-state index is -0.726. The summed E-state index contributed by atoms with van der Waals surface area (Å²) in [7, 11) is 0. The number of H-pyrrole nitrogens is 1. The van der Waals surface area contributed by atoms with Crippen LogP contribution in [0.2, 0.25) is 0 Å². The molecule has 4 aromatic rings. The van der Waals surface area contributed by atoms with E-state index in [1.165, 1.54) is 17.2 Å². The highest BCUT2D eigenvalue weighted by atomic mass is 32.1. The van der Waals surface area contributed by atoms with Crippen molar-refractivity contribution in [2.24, 2.45) is 16.8 Å². The molecule has 3 aliphatic rings. The summed E-state index contributed by atoms with van der Waals surface area (Å²) < 4.78 is 2.32. The molecule has 2 fully saturated rings. The van der Waals surface area contributed by atoms with Crippen molar-refractivity contribution >= 4 is 67.0 Å².